The molecule has 2 aromatic heterocycles. The van der Waals surface area contributed by atoms with Gasteiger partial charge in [0.05, 0.1) is 36.4 Å². The van der Waals surface area contributed by atoms with E-state index in [4.69, 9.17) is 14.2 Å². The monoisotopic (exact) mass is 522 g/mol. The largest absolute Gasteiger partial charge is 0.454 e. The van der Waals surface area contributed by atoms with Crippen molar-refractivity contribution in [2.45, 2.75) is 12.5 Å². The number of fused-ring (bicyclic) bond motifs is 2. The lowest BCUT2D eigenvalue weighted by Gasteiger charge is -2.18. The van der Waals surface area contributed by atoms with Gasteiger partial charge in [0.15, 0.2) is 11.5 Å². The minimum absolute atomic E-state index is 0.0554. The van der Waals surface area contributed by atoms with Crippen molar-refractivity contribution in [3.05, 3.63) is 102 Å². The molecule has 1 atom stereocenters. The van der Waals surface area contributed by atoms with Gasteiger partial charge in [-0.15, -0.1) is 0 Å². The molecule has 0 bridgehead atoms. The molecule has 8 nitrogen and oxygen atoms in total. The summed E-state index contributed by atoms with van der Waals surface area (Å²) < 4.78 is 18.5. The molecular weight excluding hydrogens is 492 g/mol. The second kappa shape index (κ2) is 10.7. The number of carbonyl (C=O) groups excluding carboxylic acids is 1. The van der Waals surface area contributed by atoms with E-state index < -0.39 is 0 Å². The first kappa shape index (κ1) is 24.8. The molecule has 1 unspecified atom stereocenters. The van der Waals surface area contributed by atoms with Crippen LogP contribution in [0.3, 0.4) is 0 Å². The van der Waals surface area contributed by atoms with Crippen molar-refractivity contribution in [1.82, 2.24) is 19.4 Å². The summed E-state index contributed by atoms with van der Waals surface area (Å²) in [5.41, 5.74) is 4.57. The molecular formula is C31H30N4O4. The van der Waals surface area contributed by atoms with Gasteiger partial charge in [-0.1, -0.05) is 48.5 Å². The highest BCUT2D eigenvalue weighted by Gasteiger charge is 2.25. The van der Waals surface area contributed by atoms with Gasteiger partial charge in [0.2, 0.25) is 6.79 Å². The van der Waals surface area contributed by atoms with E-state index in [1.807, 2.05) is 49.8 Å². The molecule has 1 aliphatic heterocycles. The Morgan fingerprint density at radius 2 is 1.92 bits per heavy atom. The first-order valence-corrected chi connectivity index (χ1v) is 12.9. The Hall–Kier alpha value is -4.56. The summed E-state index contributed by atoms with van der Waals surface area (Å²) in [6.07, 6.45) is 8.22. The van der Waals surface area contributed by atoms with E-state index in [9.17, 15) is 4.79 Å². The molecule has 1 N–H and O–H groups in total. The van der Waals surface area contributed by atoms with Crippen LogP contribution in [0.5, 0.6) is 11.5 Å². The highest BCUT2D eigenvalue weighted by molar-refractivity contribution is 6.06. The molecule has 0 aliphatic carbocycles. The van der Waals surface area contributed by atoms with Crippen LogP contribution in [0.25, 0.3) is 21.9 Å². The molecule has 0 saturated carbocycles. The number of hydrogen-bond acceptors (Lipinski definition) is 5. The topological polar surface area (TPSA) is 81.6 Å². The van der Waals surface area contributed by atoms with Gasteiger partial charge in [-0.3, -0.25) is 4.79 Å². The molecule has 6 rings (SSSR count). The number of imidazole rings is 1. The highest BCUT2D eigenvalue weighted by Crippen LogP contribution is 2.37. The van der Waals surface area contributed by atoms with Gasteiger partial charge in [-0.05, 0) is 40.5 Å². The van der Waals surface area contributed by atoms with Crippen LogP contribution in [-0.2, 0) is 11.2 Å². The van der Waals surface area contributed by atoms with E-state index >= 15 is 0 Å². The Kier molecular flexibility index (Phi) is 6.77. The molecule has 3 aromatic carbocycles. The van der Waals surface area contributed by atoms with Crippen LogP contribution < -0.4 is 9.47 Å². The minimum Gasteiger partial charge on any atom is -0.454 e. The number of amides is 1. The van der Waals surface area contributed by atoms with Gasteiger partial charge in [0.25, 0.3) is 5.91 Å². The molecule has 8 heteroatoms. The second-order valence-corrected chi connectivity index (χ2v) is 9.69. The lowest BCUT2D eigenvalue weighted by Crippen LogP contribution is -2.30. The normalized spacial score (nSPS) is 13.1. The van der Waals surface area contributed by atoms with E-state index in [-0.39, 0.29) is 18.7 Å². The predicted molar refractivity (Wildman–Crippen MR) is 149 cm³/mol. The van der Waals surface area contributed by atoms with Crippen LogP contribution in [0.1, 0.15) is 27.7 Å². The Morgan fingerprint density at radius 1 is 1.08 bits per heavy atom. The fraction of sp³-hybridized carbons (Fsp3) is 0.226. The van der Waals surface area contributed by atoms with Crippen LogP contribution in [-0.4, -0.2) is 59.4 Å². The second-order valence-electron chi connectivity index (χ2n) is 9.69. The number of aromatic amines is 1. The third-order valence-electron chi connectivity index (χ3n) is 7.24. The maximum Gasteiger partial charge on any atom is 0.255 e. The number of ether oxygens (including phenoxy) is 3. The Morgan fingerprint density at radius 3 is 2.77 bits per heavy atom. The van der Waals surface area contributed by atoms with Crippen molar-refractivity contribution in [2.24, 2.45) is 0 Å². The highest BCUT2D eigenvalue weighted by atomic mass is 16.7. The fourth-order valence-electron chi connectivity index (χ4n) is 5.15. The summed E-state index contributed by atoms with van der Waals surface area (Å²) in [6, 6.07) is 20.3. The standard InChI is InChI=1S/C31H30N4O4/c1-34(12-13-37-2)31(36)26-18-35(17-25(26)24-9-5-7-22-6-3-4-8-23(22)24)28(27-16-32-19-33-27)14-21-10-11-29-30(15-21)39-20-38-29/h3-11,15-19,28H,12-14,20H2,1-2H3,(H,32,33). The number of likely N-dealkylation sites (N-methyl/N-ethyl adjacent to an activating group) is 1. The first-order chi connectivity index (χ1) is 19.1. The van der Waals surface area contributed by atoms with Gasteiger partial charge < -0.3 is 28.7 Å². The lowest BCUT2D eigenvalue weighted by molar-refractivity contribution is 0.0745. The third kappa shape index (κ3) is 4.86. The van der Waals surface area contributed by atoms with Crippen molar-refractivity contribution in [3.63, 3.8) is 0 Å². The maximum atomic E-state index is 13.8. The van der Waals surface area contributed by atoms with Gasteiger partial charge in [-0.2, -0.15) is 0 Å². The SMILES string of the molecule is COCCN(C)C(=O)c1cn(C(Cc2ccc3c(c2)OCO3)c2cnc[nH]2)cc1-c1cccc2ccccc12. The lowest BCUT2D eigenvalue weighted by atomic mass is 9.97. The molecule has 198 valence electrons. The van der Waals surface area contributed by atoms with E-state index in [1.54, 1.807) is 18.3 Å². The zero-order valence-corrected chi connectivity index (χ0v) is 22.0. The van der Waals surface area contributed by atoms with Crippen molar-refractivity contribution in [2.75, 3.05) is 34.1 Å². The summed E-state index contributed by atoms with van der Waals surface area (Å²) in [5, 5.41) is 2.22. The Balaban J connectivity index is 1.46. The molecule has 0 saturated heterocycles. The van der Waals surface area contributed by atoms with Gasteiger partial charge in [0.1, 0.15) is 0 Å². The van der Waals surface area contributed by atoms with Gasteiger partial charge in [-0.25, -0.2) is 4.98 Å². The summed E-state index contributed by atoms with van der Waals surface area (Å²) in [5.74, 6) is 1.44. The quantitative estimate of drug-likeness (QED) is 0.284. The molecule has 39 heavy (non-hydrogen) atoms. The van der Waals surface area contributed by atoms with Crippen LogP contribution in [0, 0.1) is 0 Å². The van der Waals surface area contributed by atoms with E-state index in [1.165, 1.54) is 0 Å². The van der Waals surface area contributed by atoms with Crippen LogP contribution in [0.2, 0.25) is 0 Å². The van der Waals surface area contributed by atoms with Crippen molar-refractivity contribution < 1.29 is 19.0 Å². The molecule has 5 aromatic rings. The zero-order chi connectivity index (χ0) is 26.8. The number of H-pyrrole nitrogens is 1. The Labute approximate surface area is 226 Å². The summed E-state index contributed by atoms with van der Waals surface area (Å²) in [7, 11) is 3.45. The summed E-state index contributed by atoms with van der Waals surface area (Å²) >= 11 is 0. The Bertz CT molecular complexity index is 1600. The number of methoxy groups -OCH3 is 1. The summed E-state index contributed by atoms with van der Waals surface area (Å²) in [4.78, 5) is 23.1. The van der Waals surface area contributed by atoms with Crippen molar-refractivity contribution in [1.29, 1.82) is 0 Å². The number of benzene rings is 3. The van der Waals surface area contributed by atoms with E-state index in [2.05, 4.69) is 51.1 Å². The van der Waals surface area contributed by atoms with Crippen molar-refractivity contribution in [3.8, 4) is 22.6 Å². The minimum atomic E-state index is -0.132. The molecule has 0 fully saturated rings. The number of carbonyl (C=O) groups is 1. The van der Waals surface area contributed by atoms with Crippen LogP contribution >= 0.6 is 0 Å². The average Bonchev–Trinajstić information content (AvgIpc) is 3.75. The molecule has 0 spiro atoms. The number of nitrogens with one attached hydrogen (secondary N) is 1. The molecule has 1 amide bonds. The fourth-order valence-corrected chi connectivity index (χ4v) is 5.15. The zero-order valence-electron chi connectivity index (χ0n) is 22.0. The number of aromatic nitrogens is 3. The maximum absolute atomic E-state index is 13.8. The molecule has 1 aliphatic rings. The first-order valence-electron chi connectivity index (χ1n) is 12.9. The van der Waals surface area contributed by atoms with Crippen LogP contribution in [0.15, 0.2) is 85.6 Å². The van der Waals surface area contributed by atoms with Gasteiger partial charge in [0, 0.05) is 38.7 Å². The summed E-state index contributed by atoms with van der Waals surface area (Å²) in [6.45, 7) is 1.20. The van der Waals surface area contributed by atoms with Gasteiger partial charge >= 0.3 is 0 Å². The van der Waals surface area contributed by atoms with Crippen LogP contribution in [0.4, 0.5) is 0 Å². The van der Waals surface area contributed by atoms with E-state index in [0.717, 1.165) is 44.7 Å². The van der Waals surface area contributed by atoms with Crippen molar-refractivity contribution >= 4 is 16.7 Å². The average molecular weight is 523 g/mol. The third-order valence-corrected chi connectivity index (χ3v) is 7.24. The number of nitrogens with zero attached hydrogens (tertiary/aromatic N) is 3. The number of hydrogen-bond donors (Lipinski definition) is 1. The smallest absolute Gasteiger partial charge is 0.255 e. The predicted octanol–water partition coefficient (Wildman–Crippen LogP) is 5.31. The molecule has 3 heterocycles. The van der Waals surface area contributed by atoms with E-state index in [0.29, 0.717) is 25.1 Å². The number of rotatable bonds is 9. The molecule has 0 radical (unpaired) electrons.